The van der Waals surface area contributed by atoms with Gasteiger partial charge in [0.05, 0.1) is 0 Å². The summed E-state index contributed by atoms with van der Waals surface area (Å²) < 4.78 is 0. The fourth-order valence-electron chi connectivity index (χ4n) is 2.34. The molecule has 0 bridgehead atoms. The molecule has 0 unspecified atom stereocenters. The van der Waals surface area contributed by atoms with Crippen molar-refractivity contribution in [2.45, 2.75) is 41.0 Å². The fourth-order valence-corrected chi connectivity index (χ4v) is 3.48. The molecular weight excluding hydrogens is 266 g/mol. The van der Waals surface area contributed by atoms with Crippen molar-refractivity contribution in [3.05, 3.63) is 12.3 Å². The van der Waals surface area contributed by atoms with Crippen molar-refractivity contribution in [1.82, 2.24) is 9.91 Å². The Labute approximate surface area is 130 Å². The summed E-state index contributed by atoms with van der Waals surface area (Å²) >= 11 is 2.04. The van der Waals surface area contributed by atoms with Gasteiger partial charge in [0.1, 0.15) is 0 Å². The van der Waals surface area contributed by atoms with Gasteiger partial charge in [0, 0.05) is 48.5 Å². The van der Waals surface area contributed by atoms with Crippen LogP contribution in [0.25, 0.3) is 0 Å². The molecule has 0 saturated carbocycles. The van der Waals surface area contributed by atoms with Crippen molar-refractivity contribution in [2.75, 3.05) is 38.2 Å². The Kier molecular flexibility index (Phi) is 10.0. The van der Waals surface area contributed by atoms with Gasteiger partial charge in [0.15, 0.2) is 0 Å². The molecule has 2 fully saturated rings. The van der Waals surface area contributed by atoms with E-state index in [1.807, 2.05) is 38.7 Å². The molecule has 0 atom stereocenters. The molecule has 20 heavy (non-hydrogen) atoms. The Balaban J connectivity index is 0.000000641. The first-order valence-corrected chi connectivity index (χ1v) is 8.92. The van der Waals surface area contributed by atoms with E-state index < -0.39 is 0 Å². The molecule has 1 spiro atoms. The SMILES string of the molecule is C=C1CN(C)CC2(CSC2)CN1/N=C\C.CC.CCC. The Morgan fingerprint density at radius 3 is 2.25 bits per heavy atom. The van der Waals surface area contributed by atoms with Gasteiger partial charge in [-0.05, 0) is 14.0 Å². The zero-order valence-electron chi connectivity index (χ0n) is 14.3. The summed E-state index contributed by atoms with van der Waals surface area (Å²) in [5.41, 5.74) is 1.56. The quantitative estimate of drug-likeness (QED) is 0.684. The highest BCUT2D eigenvalue weighted by molar-refractivity contribution is 8.00. The van der Waals surface area contributed by atoms with Crippen LogP contribution in [0.2, 0.25) is 0 Å². The van der Waals surface area contributed by atoms with E-state index in [9.17, 15) is 0 Å². The minimum absolute atomic E-state index is 0.450. The maximum atomic E-state index is 4.41. The smallest absolute Gasteiger partial charge is 0.0497 e. The number of hydrazone groups is 1. The van der Waals surface area contributed by atoms with Crippen LogP contribution in [0, 0.1) is 5.41 Å². The number of hydrogen-bond donors (Lipinski definition) is 0. The molecular formula is C16H33N3S. The van der Waals surface area contributed by atoms with Crippen molar-refractivity contribution in [3.63, 3.8) is 0 Å². The van der Waals surface area contributed by atoms with E-state index in [-0.39, 0.29) is 0 Å². The summed E-state index contributed by atoms with van der Waals surface area (Å²) in [7, 11) is 2.18. The number of nitrogens with zero attached hydrogens (tertiary/aromatic N) is 3. The van der Waals surface area contributed by atoms with Crippen LogP contribution in [0.5, 0.6) is 0 Å². The van der Waals surface area contributed by atoms with Crippen molar-refractivity contribution >= 4 is 18.0 Å². The summed E-state index contributed by atoms with van der Waals surface area (Å²) in [6, 6.07) is 0. The zero-order chi connectivity index (χ0) is 15.6. The van der Waals surface area contributed by atoms with Crippen LogP contribution in [0.15, 0.2) is 17.4 Å². The highest BCUT2D eigenvalue weighted by Crippen LogP contribution is 2.41. The van der Waals surface area contributed by atoms with Crippen molar-refractivity contribution < 1.29 is 0 Å². The monoisotopic (exact) mass is 299 g/mol. The topological polar surface area (TPSA) is 18.8 Å². The third-order valence-electron chi connectivity index (χ3n) is 2.98. The van der Waals surface area contributed by atoms with Crippen LogP contribution in [-0.2, 0) is 0 Å². The first-order chi connectivity index (χ1) is 9.56. The van der Waals surface area contributed by atoms with Gasteiger partial charge in [0.25, 0.3) is 0 Å². The maximum absolute atomic E-state index is 4.41. The Morgan fingerprint density at radius 1 is 1.30 bits per heavy atom. The maximum Gasteiger partial charge on any atom is 0.0497 e. The molecule has 2 aliphatic heterocycles. The average molecular weight is 300 g/mol. The van der Waals surface area contributed by atoms with Crippen molar-refractivity contribution in [2.24, 2.45) is 10.5 Å². The lowest BCUT2D eigenvalue weighted by molar-refractivity contribution is 0.206. The molecule has 0 aromatic carbocycles. The van der Waals surface area contributed by atoms with Gasteiger partial charge in [-0.2, -0.15) is 16.9 Å². The van der Waals surface area contributed by atoms with Crippen molar-refractivity contribution in [1.29, 1.82) is 0 Å². The molecule has 0 N–H and O–H groups in total. The molecule has 2 saturated heterocycles. The Bertz CT molecular complexity index is 298. The third-order valence-corrected chi connectivity index (χ3v) is 4.61. The number of rotatable bonds is 1. The lowest BCUT2D eigenvalue weighted by atomic mass is 9.91. The highest BCUT2D eigenvalue weighted by Gasteiger charge is 2.42. The summed E-state index contributed by atoms with van der Waals surface area (Å²) in [5, 5.41) is 6.50. The van der Waals surface area contributed by atoms with E-state index in [4.69, 9.17) is 0 Å². The lowest BCUT2D eigenvalue weighted by Crippen LogP contribution is -2.48. The highest BCUT2D eigenvalue weighted by atomic mass is 32.2. The zero-order valence-corrected chi connectivity index (χ0v) is 15.1. The Morgan fingerprint density at radius 2 is 1.85 bits per heavy atom. The standard InChI is InChI=1S/C11H19N3S.C3H8.C2H6/c1-4-12-14-7-11(8-15-9-11)6-13(3)5-10(14)2;1-3-2;1-2/h4H,2,5-9H2,1,3H3;3H2,1-2H3;1-2H3/b12-4-;;. The lowest BCUT2D eigenvalue weighted by Gasteiger charge is -2.43. The van der Waals surface area contributed by atoms with Crippen LogP contribution >= 0.6 is 11.8 Å². The average Bonchev–Trinajstić information content (AvgIpc) is 2.50. The fraction of sp³-hybridized carbons (Fsp3) is 0.812. The molecule has 118 valence electrons. The van der Waals surface area contributed by atoms with Crippen molar-refractivity contribution in [3.8, 4) is 0 Å². The van der Waals surface area contributed by atoms with Gasteiger partial charge >= 0.3 is 0 Å². The molecule has 4 heteroatoms. The van der Waals surface area contributed by atoms with E-state index >= 15 is 0 Å². The molecule has 0 amide bonds. The predicted octanol–water partition coefficient (Wildman–Crippen LogP) is 3.93. The van der Waals surface area contributed by atoms with Crippen LogP contribution in [0.4, 0.5) is 0 Å². The van der Waals surface area contributed by atoms with E-state index in [2.05, 4.69) is 42.5 Å². The summed E-state index contributed by atoms with van der Waals surface area (Å²) in [4.78, 5) is 2.37. The van der Waals surface area contributed by atoms with E-state index in [1.165, 1.54) is 24.5 Å². The van der Waals surface area contributed by atoms with Gasteiger partial charge in [-0.1, -0.05) is 40.7 Å². The number of hydrogen-bond acceptors (Lipinski definition) is 4. The largest absolute Gasteiger partial charge is 0.300 e. The summed E-state index contributed by atoms with van der Waals surface area (Å²) in [6.07, 6.45) is 3.11. The van der Waals surface area contributed by atoms with Crippen LogP contribution in [-0.4, -0.2) is 54.3 Å². The molecule has 2 aliphatic rings. The van der Waals surface area contributed by atoms with Gasteiger partial charge in [-0.15, -0.1) is 0 Å². The summed E-state index contributed by atoms with van der Waals surface area (Å²) in [5.74, 6) is 2.53. The molecule has 0 aliphatic carbocycles. The first kappa shape index (κ1) is 19.5. The number of thioether (sulfide) groups is 1. The second kappa shape index (κ2) is 10.3. The summed E-state index contributed by atoms with van der Waals surface area (Å²) in [6.45, 7) is 17.5. The molecule has 0 aromatic heterocycles. The Hall–Kier alpha value is -0.480. The molecule has 0 radical (unpaired) electrons. The van der Waals surface area contributed by atoms with Gasteiger partial charge < -0.3 is 0 Å². The van der Waals surface area contributed by atoms with Crippen LogP contribution in [0.1, 0.15) is 41.0 Å². The molecule has 0 aromatic rings. The third kappa shape index (κ3) is 5.88. The minimum atomic E-state index is 0.450. The van der Waals surface area contributed by atoms with Gasteiger partial charge in [0.2, 0.25) is 0 Å². The molecule has 3 nitrogen and oxygen atoms in total. The number of likely N-dealkylation sites (N-methyl/N-ethyl adjacent to an activating group) is 1. The van der Waals surface area contributed by atoms with Gasteiger partial charge in [-0.25, -0.2) is 0 Å². The molecule has 2 heterocycles. The normalized spacial score (nSPS) is 21.5. The predicted molar refractivity (Wildman–Crippen MR) is 94.6 cm³/mol. The van der Waals surface area contributed by atoms with Gasteiger partial charge in [-0.3, -0.25) is 9.91 Å². The van der Waals surface area contributed by atoms with E-state index in [0.29, 0.717) is 5.41 Å². The van der Waals surface area contributed by atoms with E-state index in [0.717, 1.165) is 18.8 Å². The second-order valence-electron chi connectivity index (χ2n) is 5.37. The minimum Gasteiger partial charge on any atom is -0.300 e. The van der Waals surface area contributed by atoms with Crippen LogP contribution < -0.4 is 0 Å². The second-order valence-corrected chi connectivity index (χ2v) is 6.36. The van der Waals surface area contributed by atoms with Crippen LogP contribution in [0.3, 0.4) is 0 Å². The molecule has 2 rings (SSSR count). The van der Waals surface area contributed by atoms with E-state index in [1.54, 1.807) is 0 Å². The first-order valence-electron chi connectivity index (χ1n) is 7.77.